The van der Waals surface area contributed by atoms with Gasteiger partial charge >= 0.3 is 0 Å². The average molecular weight is 295 g/mol. The van der Waals surface area contributed by atoms with Crippen molar-refractivity contribution in [3.63, 3.8) is 0 Å². The molecule has 2 aliphatic carbocycles. The van der Waals surface area contributed by atoms with E-state index < -0.39 is 10.0 Å². The highest BCUT2D eigenvalue weighted by molar-refractivity contribution is 7.89. The van der Waals surface area contributed by atoms with Gasteiger partial charge in [-0.1, -0.05) is 6.42 Å². The first kappa shape index (κ1) is 13.7. The smallest absolute Gasteiger partial charge is 0.242 e. The molecule has 0 spiro atoms. The van der Waals surface area contributed by atoms with Crippen LogP contribution in [0.15, 0.2) is 23.1 Å². The monoisotopic (exact) mass is 295 g/mol. The van der Waals surface area contributed by atoms with Crippen LogP contribution >= 0.6 is 0 Å². The van der Waals surface area contributed by atoms with Crippen molar-refractivity contribution < 1.29 is 8.42 Å². The van der Waals surface area contributed by atoms with Gasteiger partial charge in [0.1, 0.15) is 4.90 Å². The van der Waals surface area contributed by atoms with E-state index in [9.17, 15) is 8.42 Å². The fourth-order valence-electron chi connectivity index (χ4n) is 3.63. The number of nitrogen functional groups attached to an aromatic ring is 1. The Bertz CT molecular complexity index is 615. The van der Waals surface area contributed by atoms with Gasteiger partial charge in [-0.05, 0) is 56.3 Å². The van der Waals surface area contributed by atoms with Crippen LogP contribution in [0.4, 0.5) is 11.4 Å². The minimum atomic E-state index is -3.48. The summed E-state index contributed by atoms with van der Waals surface area (Å²) in [6, 6.07) is 5.60. The van der Waals surface area contributed by atoms with E-state index in [1.807, 2.05) is 0 Å². The Hall–Kier alpha value is -1.27. The Kier molecular flexibility index (Phi) is 3.38. The molecule has 3 unspecified atom stereocenters. The fourth-order valence-corrected chi connectivity index (χ4v) is 4.46. The van der Waals surface area contributed by atoms with Crippen molar-refractivity contribution in [1.29, 1.82) is 0 Å². The van der Waals surface area contributed by atoms with Gasteiger partial charge in [-0.25, -0.2) is 13.1 Å². The van der Waals surface area contributed by atoms with Gasteiger partial charge in [-0.2, -0.15) is 0 Å². The number of sulfonamides is 1. The lowest BCUT2D eigenvalue weighted by atomic mass is 9.95. The minimum absolute atomic E-state index is 0.137. The number of benzene rings is 1. The molecule has 1 aromatic carbocycles. The second-order valence-corrected chi connectivity index (χ2v) is 7.74. The van der Waals surface area contributed by atoms with Crippen LogP contribution in [0.5, 0.6) is 0 Å². The maximum atomic E-state index is 11.8. The lowest BCUT2D eigenvalue weighted by Crippen LogP contribution is -2.26. The molecule has 0 heterocycles. The highest BCUT2D eigenvalue weighted by Crippen LogP contribution is 2.45. The summed E-state index contributed by atoms with van der Waals surface area (Å²) in [4.78, 5) is 0.137. The normalized spacial score (nSPS) is 28.8. The third-order valence-corrected chi connectivity index (χ3v) is 6.15. The van der Waals surface area contributed by atoms with Gasteiger partial charge in [0.05, 0.1) is 5.69 Å². The first-order valence-electron chi connectivity index (χ1n) is 7.09. The van der Waals surface area contributed by atoms with Gasteiger partial charge in [0.2, 0.25) is 10.0 Å². The second kappa shape index (κ2) is 4.93. The maximum absolute atomic E-state index is 11.8. The zero-order valence-electron chi connectivity index (χ0n) is 11.6. The van der Waals surface area contributed by atoms with E-state index in [2.05, 4.69) is 10.0 Å². The van der Waals surface area contributed by atoms with Crippen LogP contribution < -0.4 is 15.8 Å². The molecule has 0 aromatic heterocycles. The molecule has 2 bridgehead atoms. The second-order valence-electron chi connectivity index (χ2n) is 5.89. The van der Waals surface area contributed by atoms with E-state index in [0.29, 0.717) is 6.04 Å². The first-order chi connectivity index (χ1) is 9.49. The summed E-state index contributed by atoms with van der Waals surface area (Å²) in [6.45, 7) is 0. The predicted octanol–water partition coefficient (Wildman–Crippen LogP) is 1.78. The number of hydrogen-bond acceptors (Lipinski definition) is 4. The van der Waals surface area contributed by atoms with E-state index in [-0.39, 0.29) is 10.6 Å². The number of nitrogens with two attached hydrogens (primary N) is 1. The van der Waals surface area contributed by atoms with Crippen molar-refractivity contribution in [2.45, 2.75) is 36.6 Å². The molecular formula is C14H21N3O2S. The van der Waals surface area contributed by atoms with E-state index in [4.69, 9.17) is 5.73 Å². The lowest BCUT2D eigenvalue weighted by Gasteiger charge is -2.24. The minimum Gasteiger partial charge on any atom is -0.398 e. The molecule has 0 radical (unpaired) electrons. The summed E-state index contributed by atoms with van der Waals surface area (Å²) >= 11 is 0. The summed E-state index contributed by atoms with van der Waals surface area (Å²) in [6.07, 6.45) is 5.23. The number of anilines is 2. The highest BCUT2D eigenvalue weighted by Gasteiger charge is 2.39. The molecule has 0 saturated heterocycles. The topological polar surface area (TPSA) is 84.2 Å². The van der Waals surface area contributed by atoms with Crippen LogP contribution in [-0.2, 0) is 10.0 Å². The summed E-state index contributed by atoms with van der Waals surface area (Å²) in [5.41, 5.74) is 7.07. The van der Waals surface area contributed by atoms with Gasteiger partial charge in [0, 0.05) is 11.7 Å². The van der Waals surface area contributed by atoms with Gasteiger partial charge < -0.3 is 11.1 Å². The van der Waals surface area contributed by atoms with Gasteiger partial charge in [0.15, 0.2) is 0 Å². The van der Waals surface area contributed by atoms with Gasteiger partial charge in [0.25, 0.3) is 0 Å². The predicted molar refractivity (Wildman–Crippen MR) is 80.0 cm³/mol. The molecule has 4 N–H and O–H groups in total. The largest absolute Gasteiger partial charge is 0.398 e. The Labute approximate surface area is 120 Å². The van der Waals surface area contributed by atoms with Crippen LogP contribution in [-0.4, -0.2) is 21.5 Å². The van der Waals surface area contributed by atoms with Gasteiger partial charge in [-0.15, -0.1) is 0 Å². The van der Waals surface area contributed by atoms with E-state index in [1.165, 1.54) is 32.7 Å². The Morgan fingerprint density at radius 2 is 2.05 bits per heavy atom. The number of hydrogen-bond donors (Lipinski definition) is 3. The molecule has 3 rings (SSSR count). The lowest BCUT2D eigenvalue weighted by molar-refractivity contribution is 0.440. The SMILES string of the molecule is CNS(=O)(=O)c1ccc(NC2CC3CCC2C3)cc1N. The van der Waals surface area contributed by atoms with Crippen molar-refractivity contribution in [3.8, 4) is 0 Å². The van der Waals surface area contributed by atoms with Crippen molar-refractivity contribution in [2.75, 3.05) is 18.1 Å². The maximum Gasteiger partial charge on any atom is 0.242 e. The summed E-state index contributed by atoms with van der Waals surface area (Å²) in [7, 11) is -2.10. The molecule has 2 fully saturated rings. The van der Waals surface area contributed by atoms with E-state index >= 15 is 0 Å². The van der Waals surface area contributed by atoms with E-state index in [0.717, 1.165) is 17.5 Å². The van der Waals surface area contributed by atoms with Crippen molar-refractivity contribution in [1.82, 2.24) is 4.72 Å². The molecule has 1 aromatic rings. The van der Waals surface area contributed by atoms with Crippen LogP contribution in [0, 0.1) is 11.8 Å². The summed E-state index contributed by atoms with van der Waals surface area (Å²) < 4.78 is 25.8. The Morgan fingerprint density at radius 3 is 2.60 bits per heavy atom. The molecular weight excluding hydrogens is 274 g/mol. The Balaban J connectivity index is 1.77. The van der Waals surface area contributed by atoms with Crippen molar-refractivity contribution in [3.05, 3.63) is 18.2 Å². The van der Waals surface area contributed by atoms with Crippen molar-refractivity contribution in [2.24, 2.45) is 11.8 Å². The molecule has 3 atom stereocenters. The first-order valence-corrected chi connectivity index (χ1v) is 8.57. The number of fused-ring (bicyclic) bond motifs is 2. The third kappa shape index (κ3) is 2.38. The quantitative estimate of drug-likeness (QED) is 0.739. The van der Waals surface area contributed by atoms with Crippen LogP contribution in [0.2, 0.25) is 0 Å². The van der Waals surface area contributed by atoms with Crippen molar-refractivity contribution >= 4 is 21.4 Å². The summed E-state index contributed by atoms with van der Waals surface area (Å²) in [5, 5.41) is 3.51. The molecule has 6 heteroatoms. The van der Waals surface area contributed by atoms with Crippen LogP contribution in [0.1, 0.15) is 25.7 Å². The van der Waals surface area contributed by atoms with E-state index in [1.54, 1.807) is 18.2 Å². The van der Waals surface area contributed by atoms with Crippen LogP contribution in [0.3, 0.4) is 0 Å². The van der Waals surface area contributed by atoms with Crippen LogP contribution in [0.25, 0.3) is 0 Å². The molecule has 2 aliphatic rings. The number of rotatable bonds is 4. The molecule has 0 amide bonds. The zero-order chi connectivity index (χ0) is 14.3. The summed E-state index contributed by atoms with van der Waals surface area (Å²) in [5.74, 6) is 1.64. The standard InChI is InChI=1S/C14H21N3O2S/c1-16-20(18,19)14-5-4-11(8-12(14)15)17-13-7-9-2-3-10(13)6-9/h4-5,8-10,13,16-17H,2-3,6-7,15H2,1H3. The fraction of sp³-hybridized carbons (Fsp3) is 0.571. The number of nitrogens with one attached hydrogen (secondary N) is 2. The third-order valence-electron chi connectivity index (χ3n) is 4.66. The molecule has 20 heavy (non-hydrogen) atoms. The Morgan fingerprint density at radius 1 is 1.25 bits per heavy atom. The highest BCUT2D eigenvalue weighted by atomic mass is 32.2. The molecule has 2 saturated carbocycles. The van der Waals surface area contributed by atoms with Gasteiger partial charge in [-0.3, -0.25) is 0 Å². The molecule has 5 nitrogen and oxygen atoms in total. The molecule has 0 aliphatic heterocycles. The zero-order valence-corrected chi connectivity index (χ0v) is 12.4. The molecule has 110 valence electrons. The average Bonchev–Trinajstić information content (AvgIpc) is 3.01.